The van der Waals surface area contributed by atoms with Crippen molar-refractivity contribution in [2.45, 2.75) is 45.7 Å². The molecular weight excluding hydrogens is 437 g/mol. The van der Waals surface area contributed by atoms with Crippen LogP contribution in [0.25, 0.3) is 0 Å². The summed E-state index contributed by atoms with van der Waals surface area (Å²) in [6, 6.07) is 9.71. The Kier molecular flexibility index (Phi) is 10.6. The van der Waals surface area contributed by atoms with Crippen LogP contribution in [0.4, 0.5) is 4.39 Å². The Morgan fingerprint density at radius 2 is 1.76 bits per heavy atom. The predicted molar refractivity (Wildman–Crippen MR) is 127 cm³/mol. The quantitative estimate of drug-likeness (QED) is 0.444. The molecule has 1 aliphatic rings. The fraction of sp³-hybridized carbons (Fsp3) is 0.538. The van der Waals surface area contributed by atoms with Gasteiger partial charge in [0.15, 0.2) is 0 Å². The highest BCUT2D eigenvalue weighted by Gasteiger charge is 2.22. The molecule has 1 saturated heterocycles. The first-order valence-electron chi connectivity index (χ1n) is 12.2. The van der Waals surface area contributed by atoms with E-state index in [1.54, 1.807) is 34.3 Å². The number of benzene rings is 1. The molecule has 0 bridgehead atoms. The largest absolute Gasteiger partial charge is 0.467 e. The molecular formula is C26H36FN3O4. The molecule has 1 aromatic carbocycles. The van der Waals surface area contributed by atoms with Crippen molar-refractivity contribution in [2.75, 3.05) is 45.9 Å². The van der Waals surface area contributed by atoms with Crippen molar-refractivity contribution in [1.82, 2.24) is 14.7 Å². The number of amides is 2. The zero-order valence-corrected chi connectivity index (χ0v) is 20.1. The SMILES string of the molecule is CCCCC(=O)N(CCCN1CCOCC1)CC(=O)N(Cc1ccc(F)cc1)Cc1ccco1. The molecule has 2 amide bonds. The van der Waals surface area contributed by atoms with Crippen LogP contribution in [0, 0.1) is 5.82 Å². The first kappa shape index (κ1) is 25.9. The number of hydrogen-bond donors (Lipinski definition) is 0. The number of carbonyl (C=O) groups excluding carboxylic acids is 2. The second kappa shape index (κ2) is 13.9. The standard InChI is InChI=1S/C26H36FN3O4/c1-2-3-7-25(31)29(13-5-12-28-14-17-33-18-15-28)21-26(32)30(20-24-6-4-16-34-24)19-22-8-10-23(27)11-9-22/h4,6,8-11,16H,2-3,5,7,12-15,17-21H2,1H3. The average Bonchev–Trinajstić information content (AvgIpc) is 3.36. The van der Waals surface area contributed by atoms with E-state index in [1.807, 2.05) is 6.07 Å². The van der Waals surface area contributed by atoms with Gasteiger partial charge in [-0.3, -0.25) is 14.5 Å². The summed E-state index contributed by atoms with van der Waals surface area (Å²) in [4.78, 5) is 32.0. The van der Waals surface area contributed by atoms with Crippen LogP contribution in [-0.2, 0) is 27.4 Å². The topological polar surface area (TPSA) is 66.2 Å². The smallest absolute Gasteiger partial charge is 0.242 e. The van der Waals surface area contributed by atoms with Crippen molar-refractivity contribution in [1.29, 1.82) is 0 Å². The van der Waals surface area contributed by atoms with Crippen molar-refractivity contribution in [3.63, 3.8) is 0 Å². The van der Waals surface area contributed by atoms with Crippen molar-refractivity contribution in [3.8, 4) is 0 Å². The number of carbonyl (C=O) groups is 2. The lowest BCUT2D eigenvalue weighted by atomic mass is 10.2. The molecule has 34 heavy (non-hydrogen) atoms. The van der Waals surface area contributed by atoms with Gasteiger partial charge in [-0.15, -0.1) is 0 Å². The lowest BCUT2D eigenvalue weighted by molar-refractivity contribution is -0.141. The molecule has 186 valence electrons. The number of hydrogen-bond acceptors (Lipinski definition) is 5. The monoisotopic (exact) mass is 473 g/mol. The Hall–Kier alpha value is -2.71. The first-order valence-corrected chi connectivity index (χ1v) is 12.2. The summed E-state index contributed by atoms with van der Waals surface area (Å²) < 4.78 is 24.2. The molecule has 7 nitrogen and oxygen atoms in total. The van der Waals surface area contributed by atoms with Gasteiger partial charge in [-0.25, -0.2) is 4.39 Å². The van der Waals surface area contributed by atoms with Crippen LogP contribution >= 0.6 is 0 Å². The van der Waals surface area contributed by atoms with Crippen LogP contribution in [0.5, 0.6) is 0 Å². The molecule has 1 aliphatic heterocycles. The zero-order valence-electron chi connectivity index (χ0n) is 20.1. The molecule has 2 heterocycles. The molecule has 3 rings (SSSR count). The van der Waals surface area contributed by atoms with Crippen LogP contribution < -0.4 is 0 Å². The number of nitrogens with zero attached hydrogens (tertiary/aromatic N) is 3. The predicted octanol–water partition coefficient (Wildman–Crippen LogP) is 3.69. The maximum atomic E-state index is 13.4. The van der Waals surface area contributed by atoms with Crippen molar-refractivity contribution in [3.05, 3.63) is 59.8 Å². The van der Waals surface area contributed by atoms with Crippen molar-refractivity contribution < 1.29 is 23.1 Å². The molecule has 8 heteroatoms. The second-order valence-corrected chi connectivity index (χ2v) is 8.68. The number of furan rings is 1. The van der Waals surface area contributed by atoms with Crippen LogP contribution in [0.2, 0.25) is 0 Å². The van der Waals surface area contributed by atoms with Crippen LogP contribution in [-0.4, -0.2) is 72.5 Å². The maximum absolute atomic E-state index is 13.4. The summed E-state index contributed by atoms with van der Waals surface area (Å²) in [5, 5.41) is 0. The van der Waals surface area contributed by atoms with E-state index in [0.29, 0.717) is 25.3 Å². The Morgan fingerprint density at radius 1 is 1.00 bits per heavy atom. The Bertz CT molecular complexity index is 867. The molecule has 1 fully saturated rings. The van der Waals surface area contributed by atoms with Gasteiger partial charge in [-0.1, -0.05) is 25.5 Å². The zero-order chi connectivity index (χ0) is 24.2. The number of morpholine rings is 1. The fourth-order valence-corrected chi connectivity index (χ4v) is 3.98. The van der Waals surface area contributed by atoms with E-state index >= 15 is 0 Å². The molecule has 2 aromatic rings. The normalized spacial score (nSPS) is 14.2. The van der Waals surface area contributed by atoms with Crippen LogP contribution in [0.15, 0.2) is 47.1 Å². The van der Waals surface area contributed by atoms with E-state index in [9.17, 15) is 14.0 Å². The summed E-state index contributed by atoms with van der Waals surface area (Å²) in [5.74, 6) is 0.195. The van der Waals surface area contributed by atoms with E-state index in [4.69, 9.17) is 9.15 Å². The Balaban J connectivity index is 1.65. The molecule has 0 radical (unpaired) electrons. The van der Waals surface area contributed by atoms with E-state index in [1.165, 1.54) is 12.1 Å². The average molecular weight is 474 g/mol. The van der Waals surface area contributed by atoms with Crippen LogP contribution in [0.1, 0.15) is 43.9 Å². The molecule has 0 N–H and O–H groups in total. The molecule has 0 unspecified atom stereocenters. The molecule has 0 aliphatic carbocycles. The van der Waals surface area contributed by atoms with Gasteiger partial charge in [0.05, 0.1) is 32.6 Å². The van der Waals surface area contributed by atoms with Gasteiger partial charge in [0.2, 0.25) is 11.8 Å². The van der Waals surface area contributed by atoms with Gasteiger partial charge < -0.3 is 19.0 Å². The maximum Gasteiger partial charge on any atom is 0.242 e. The lowest BCUT2D eigenvalue weighted by Crippen LogP contribution is -2.44. The van der Waals surface area contributed by atoms with Gasteiger partial charge in [-0.2, -0.15) is 0 Å². The lowest BCUT2D eigenvalue weighted by Gasteiger charge is -2.30. The van der Waals surface area contributed by atoms with E-state index < -0.39 is 0 Å². The minimum atomic E-state index is -0.319. The third-order valence-electron chi connectivity index (χ3n) is 6.00. The molecule has 0 saturated carbocycles. The molecule has 1 aromatic heterocycles. The highest BCUT2D eigenvalue weighted by molar-refractivity contribution is 5.84. The van der Waals surface area contributed by atoms with Crippen molar-refractivity contribution >= 4 is 11.8 Å². The minimum absolute atomic E-state index is 0.0110. The van der Waals surface area contributed by atoms with Gasteiger partial charge >= 0.3 is 0 Å². The Morgan fingerprint density at radius 3 is 2.44 bits per heavy atom. The van der Waals surface area contributed by atoms with E-state index in [0.717, 1.165) is 57.7 Å². The number of rotatable bonds is 13. The second-order valence-electron chi connectivity index (χ2n) is 8.68. The third kappa shape index (κ3) is 8.57. The molecule has 0 atom stereocenters. The summed E-state index contributed by atoms with van der Waals surface area (Å²) in [7, 11) is 0. The van der Waals surface area contributed by atoms with Gasteiger partial charge in [0, 0.05) is 39.1 Å². The number of halogens is 1. The number of ether oxygens (including phenoxy) is 1. The minimum Gasteiger partial charge on any atom is -0.467 e. The van der Waals surface area contributed by atoms with Gasteiger partial charge in [-0.05, 0) is 42.7 Å². The van der Waals surface area contributed by atoms with Gasteiger partial charge in [0.25, 0.3) is 0 Å². The van der Waals surface area contributed by atoms with Gasteiger partial charge in [0.1, 0.15) is 11.6 Å². The van der Waals surface area contributed by atoms with E-state index in [2.05, 4.69) is 11.8 Å². The Labute approximate surface area is 201 Å². The molecule has 0 spiro atoms. The van der Waals surface area contributed by atoms with E-state index in [-0.39, 0.29) is 30.7 Å². The summed E-state index contributed by atoms with van der Waals surface area (Å²) in [5.41, 5.74) is 0.817. The van der Waals surface area contributed by atoms with Crippen LogP contribution in [0.3, 0.4) is 0 Å². The highest BCUT2D eigenvalue weighted by Crippen LogP contribution is 2.13. The highest BCUT2D eigenvalue weighted by atomic mass is 19.1. The summed E-state index contributed by atoms with van der Waals surface area (Å²) >= 11 is 0. The van der Waals surface area contributed by atoms with Crippen molar-refractivity contribution in [2.24, 2.45) is 0 Å². The number of unbranched alkanes of at least 4 members (excludes halogenated alkanes) is 1. The first-order chi connectivity index (χ1) is 16.5. The third-order valence-corrected chi connectivity index (χ3v) is 6.00. The summed E-state index contributed by atoms with van der Waals surface area (Å²) in [6.45, 7) is 7.36. The summed E-state index contributed by atoms with van der Waals surface area (Å²) in [6.07, 6.45) is 4.55. The fourth-order valence-electron chi connectivity index (χ4n) is 3.98.